The minimum absolute atomic E-state index is 0.706. The summed E-state index contributed by atoms with van der Waals surface area (Å²) in [6.07, 6.45) is 5.24. The molecule has 96 valence electrons. The number of aryl methyl sites for hydroxylation is 1. The van der Waals surface area contributed by atoms with Crippen LogP contribution in [-0.4, -0.2) is 6.61 Å². The van der Waals surface area contributed by atoms with Gasteiger partial charge in [-0.2, -0.15) is 5.26 Å². The highest BCUT2D eigenvalue weighted by Gasteiger charge is 2.18. The number of hydrogen-bond acceptors (Lipinski definition) is 2. The Labute approximate surface area is 110 Å². The second-order valence-electron chi connectivity index (χ2n) is 5.53. The number of ether oxygens (including phenoxy) is 1. The van der Waals surface area contributed by atoms with Crippen LogP contribution in [0.1, 0.15) is 43.7 Å². The van der Waals surface area contributed by atoms with Gasteiger partial charge >= 0.3 is 0 Å². The SMILES string of the molecule is Cc1cc(OC[C@H]2CC[C@H](C)CC2)ccc1C#N. The van der Waals surface area contributed by atoms with Gasteiger partial charge in [0.15, 0.2) is 0 Å². The summed E-state index contributed by atoms with van der Waals surface area (Å²) in [4.78, 5) is 0. The van der Waals surface area contributed by atoms with Gasteiger partial charge < -0.3 is 4.74 Å². The average molecular weight is 243 g/mol. The smallest absolute Gasteiger partial charge is 0.119 e. The van der Waals surface area contributed by atoms with Gasteiger partial charge in [0.05, 0.1) is 18.2 Å². The second kappa shape index (κ2) is 5.91. The Morgan fingerprint density at radius 3 is 2.61 bits per heavy atom. The topological polar surface area (TPSA) is 33.0 Å². The number of benzene rings is 1. The standard InChI is InChI=1S/C16H21NO/c1-12-3-5-14(6-4-12)11-18-16-8-7-15(10-17)13(2)9-16/h7-9,12,14H,3-6,11H2,1-2H3/t12-,14-. The van der Waals surface area contributed by atoms with Crippen molar-refractivity contribution >= 4 is 0 Å². The number of hydrogen-bond donors (Lipinski definition) is 0. The summed E-state index contributed by atoms with van der Waals surface area (Å²) in [5.41, 5.74) is 1.72. The minimum atomic E-state index is 0.706. The summed E-state index contributed by atoms with van der Waals surface area (Å²) in [6.45, 7) is 5.10. The second-order valence-corrected chi connectivity index (χ2v) is 5.53. The first-order valence-electron chi connectivity index (χ1n) is 6.82. The Balaban J connectivity index is 1.87. The molecule has 1 saturated carbocycles. The quantitative estimate of drug-likeness (QED) is 0.801. The first kappa shape index (κ1) is 13.0. The van der Waals surface area contributed by atoms with E-state index >= 15 is 0 Å². The van der Waals surface area contributed by atoms with E-state index in [0.29, 0.717) is 5.92 Å². The zero-order chi connectivity index (χ0) is 13.0. The fourth-order valence-electron chi connectivity index (χ4n) is 2.56. The molecule has 1 fully saturated rings. The van der Waals surface area contributed by atoms with Crippen LogP contribution in [0.25, 0.3) is 0 Å². The Kier molecular flexibility index (Phi) is 4.25. The Morgan fingerprint density at radius 2 is 2.00 bits per heavy atom. The van der Waals surface area contributed by atoms with Gasteiger partial charge in [-0.15, -0.1) is 0 Å². The van der Waals surface area contributed by atoms with Crippen molar-refractivity contribution in [2.24, 2.45) is 11.8 Å². The van der Waals surface area contributed by atoms with Crippen molar-refractivity contribution in [1.82, 2.24) is 0 Å². The number of nitriles is 1. The first-order chi connectivity index (χ1) is 8.69. The van der Waals surface area contributed by atoms with Gasteiger partial charge in [0, 0.05) is 0 Å². The van der Waals surface area contributed by atoms with Gasteiger partial charge in [0.1, 0.15) is 5.75 Å². The average Bonchev–Trinajstić information content (AvgIpc) is 2.38. The molecule has 0 bridgehead atoms. The first-order valence-corrected chi connectivity index (χ1v) is 6.82. The summed E-state index contributed by atoms with van der Waals surface area (Å²) < 4.78 is 5.85. The lowest BCUT2D eigenvalue weighted by molar-refractivity contribution is 0.188. The van der Waals surface area contributed by atoms with Crippen LogP contribution in [-0.2, 0) is 0 Å². The molecule has 0 atom stereocenters. The van der Waals surface area contributed by atoms with Crippen LogP contribution in [0.5, 0.6) is 5.75 Å². The molecule has 0 unspecified atom stereocenters. The van der Waals surface area contributed by atoms with Crippen LogP contribution in [0.2, 0.25) is 0 Å². The van der Waals surface area contributed by atoms with Crippen LogP contribution in [0.15, 0.2) is 18.2 Å². The van der Waals surface area contributed by atoms with E-state index in [1.165, 1.54) is 25.7 Å². The van der Waals surface area contributed by atoms with E-state index in [1.807, 2.05) is 25.1 Å². The fourth-order valence-corrected chi connectivity index (χ4v) is 2.56. The third kappa shape index (κ3) is 3.26. The van der Waals surface area contributed by atoms with E-state index < -0.39 is 0 Å². The van der Waals surface area contributed by atoms with Crippen molar-refractivity contribution in [1.29, 1.82) is 5.26 Å². The molecule has 0 aromatic heterocycles. The molecule has 2 rings (SSSR count). The number of nitrogens with zero attached hydrogens (tertiary/aromatic N) is 1. The highest BCUT2D eigenvalue weighted by atomic mass is 16.5. The maximum Gasteiger partial charge on any atom is 0.119 e. The summed E-state index contributed by atoms with van der Waals surface area (Å²) >= 11 is 0. The van der Waals surface area contributed by atoms with Crippen molar-refractivity contribution in [2.75, 3.05) is 6.61 Å². The van der Waals surface area contributed by atoms with Gasteiger partial charge in [-0.3, -0.25) is 0 Å². The molecule has 0 spiro atoms. The maximum absolute atomic E-state index is 8.88. The van der Waals surface area contributed by atoms with Crippen LogP contribution in [0.3, 0.4) is 0 Å². The molecule has 0 saturated heterocycles. The van der Waals surface area contributed by atoms with E-state index in [4.69, 9.17) is 10.00 Å². The van der Waals surface area contributed by atoms with Crippen LogP contribution in [0.4, 0.5) is 0 Å². The van der Waals surface area contributed by atoms with E-state index in [2.05, 4.69) is 13.0 Å². The molecular weight excluding hydrogens is 222 g/mol. The molecule has 0 radical (unpaired) electrons. The highest BCUT2D eigenvalue weighted by molar-refractivity contribution is 5.41. The lowest BCUT2D eigenvalue weighted by Crippen LogP contribution is -2.18. The number of rotatable bonds is 3. The highest BCUT2D eigenvalue weighted by Crippen LogP contribution is 2.29. The molecule has 18 heavy (non-hydrogen) atoms. The Hall–Kier alpha value is -1.49. The van der Waals surface area contributed by atoms with Crippen molar-refractivity contribution in [2.45, 2.75) is 39.5 Å². The molecule has 0 aliphatic heterocycles. The zero-order valence-corrected chi connectivity index (χ0v) is 11.3. The molecule has 1 aromatic rings. The maximum atomic E-state index is 8.88. The fraction of sp³-hybridized carbons (Fsp3) is 0.562. The van der Waals surface area contributed by atoms with Crippen molar-refractivity contribution in [3.05, 3.63) is 29.3 Å². The van der Waals surface area contributed by atoms with Crippen molar-refractivity contribution in [3.63, 3.8) is 0 Å². The minimum Gasteiger partial charge on any atom is -0.493 e. The summed E-state index contributed by atoms with van der Waals surface area (Å²) in [5, 5.41) is 8.88. The molecule has 1 aromatic carbocycles. The van der Waals surface area contributed by atoms with Crippen molar-refractivity contribution < 1.29 is 4.74 Å². The van der Waals surface area contributed by atoms with Gasteiger partial charge in [-0.1, -0.05) is 19.8 Å². The molecule has 0 amide bonds. The van der Waals surface area contributed by atoms with Crippen LogP contribution < -0.4 is 4.74 Å². The predicted molar refractivity (Wildman–Crippen MR) is 72.5 cm³/mol. The van der Waals surface area contributed by atoms with Crippen molar-refractivity contribution in [3.8, 4) is 11.8 Å². The van der Waals surface area contributed by atoms with E-state index in [1.54, 1.807) is 0 Å². The Bertz CT molecular complexity index is 439. The zero-order valence-electron chi connectivity index (χ0n) is 11.3. The molecule has 1 aliphatic rings. The van der Waals surface area contributed by atoms with Gasteiger partial charge in [-0.05, 0) is 55.4 Å². The molecular formula is C16H21NO. The third-order valence-electron chi connectivity index (χ3n) is 3.94. The van der Waals surface area contributed by atoms with Gasteiger partial charge in [0.2, 0.25) is 0 Å². The van der Waals surface area contributed by atoms with E-state index in [0.717, 1.165) is 29.4 Å². The molecule has 2 heteroatoms. The largest absolute Gasteiger partial charge is 0.493 e. The van der Waals surface area contributed by atoms with Crippen LogP contribution in [0, 0.1) is 30.1 Å². The molecule has 1 aliphatic carbocycles. The molecule has 0 N–H and O–H groups in total. The molecule has 0 heterocycles. The lowest BCUT2D eigenvalue weighted by atomic mass is 9.83. The third-order valence-corrected chi connectivity index (χ3v) is 3.94. The summed E-state index contributed by atoms with van der Waals surface area (Å²) in [5.74, 6) is 2.49. The van der Waals surface area contributed by atoms with Gasteiger partial charge in [-0.25, -0.2) is 0 Å². The monoisotopic (exact) mass is 243 g/mol. The van der Waals surface area contributed by atoms with E-state index in [-0.39, 0.29) is 0 Å². The summed E-state index contributed by atoms with van der Waals surface area (Å²) in [6, 6.07) is 7.88. The predicted octanol–water partition coefficient (Wildman–Crippen LogP) is 4.07. The Morgan fingerprint density at radius 1 is 1.28 bits per heavy atom. The normalized spacial score (nSPS) is 23.4. The lowest BCUT2D eigenvalue weighted by Gasteiger charge is -2.26. The van der Waals surface area contributed by atoms with Crippen LogP contribution >= 0.6 is 0 Å². The summed E-state index contributed by atoms with van der Waals surface area (Å²) in [7, 11) is 0. The van der Waals surface area contributed by atoms with Gasteiger partial charge in [0.25, 0.3) is 0 Å². The van der Waals surface area contributed by atoms with E-state index in [9.17, 15) is 0 Å². The molecule has 2 nitrogen and oxygen atoms in total.